The fraction of sp³-hybridized carbons (Fsp3) is 0.316. The topological polar surface area (TPSA) is 110 Å². The Bertz CT molecular complexity index is 919. The Morgan fingerprint density at radius 3 is 2.50 bits per heavy atom. The maximum atomic E-state index is 13.5. The average Bonchev–Trinajstić information content (AvgIpc) is 2.75. The molecular weight excluding hydrogens is 535 g/mol. The van der Waals surface area contributed by atoms with Crippen LogP contribution in [0.15, 0.2) is 46.2 Å². The monoisotopic (exact) mass is 555 g/mol. The molecule has 0 aliphatic rings. The van der Waals surface area contributed by atoms with E-state index in [1.807, 2.05) is 0 Å². The van der Waals surface area contributed by atoms with Crippen LogP contribution in [0.1, 0.15) is 12.5 Å². The van der Waals surface area contributed by atoms with E-state index in [0.29, 0.717) is 9.37 Å². The number of hydrogen-bond donors (Lipinski definition) is 5. The van der Waals surface area contributed by atoms with Gasteiger partial charge >= 0.3 is 0 Å². The Balaban J connectivity index is 2.27. The smallest absolute Gasteiger partial charge is 0.194 e. The Kier molecular flexibility index (Phi) is 10.6. The molecule has 7 nitrogen and oxygen atoms in total. The van der Waals surface area contributed by atoms with Gasteiger partial charge in [0.1, 0.15) is 6.10 Å². The van der Waals surface area contributed by atoms with Crippen LogP contribution in [0, 0.1) is 17.5 Å². The number of nitrogens with two attached hydrogens (primary N) is 1. The van der Waals surface area contributed by atoms with Crippen molar-refractivity contribution in [3.8, 4) is 0 Å². The maximum Gasteiger partial charge on any atom is 0.194 e. The van der Waals surface area contributed by atoms with Crippen molar-refractivity contribution in [2.75, 3.05) is 6.61 Å². The number of aromatic nitrogens is 1. The Labute approximate surface area is 200 Å². The van der Waals surface area contributed by atoms with Crippen LogP contribution in [0.4, 0.5) is 13.2 Å². The highest BCUT2D eigenvalue weighted by Gasteiger charge is 2.29. The maximum absolute atomic E-state index is 13.5. The minimum Gasteiger partial charge on any atom is -0.397 e. The standard InChI is InChI=1S/C19H21BrF3N3O4S2/c1-9(28)16(8-27)29-19(32-12-4-11(20)5-25-6-12)18(30-31)26-7-15(24)10-2-13(21)17(23)14(22)3-10/h2-7,9,16,18-19,26-28,31H,8,24H2,1H3/b15-7-/t9?,16?,18-,19?/m1/s1. The van der Waals surface area contributed by atoms with Gasteiger partial charge in [-0.1, -0.05) is 11.8 Å². The quantitative estimate of drug-likeness (QED) is 0.0945. The predicted octanol–water partition coefficient (Wildman–Crippen LogP) is 3.17. The number of benzene rings is 1. The number of pyridine rings is 1. The van der Waals surface area contributed by atoms with Crippen molar-refractivity contribution in [1.29, 1.82) is 0 Å². The molecule has 32 heavy (non-hydrogen) atoms. The van der Waals surface area contributed by atoms with Crippen molar-refractivity contribution in [3.05, 3.63) is 64.3 Å². The van der Waals surface area contributed by atoms with Gasteiger partial charge in [0.15, 0.2) is 29.1 Å². The van der Waals surface area contributed by atoms with Crippen molar-refractivity contribution in [3.63, 3.8) is 0 Å². The molecule has 0 spiro atoms. The van der Waals surface area contributed by atoms with Crippen LogP contribution in [0.2, 0.25) is 0 Å². The molecule has 2 aromatic rings. The van der Waals surface area contributed by atoms with Gasteiger partial charge in [0.25, 0.3) is 0 Å². The molecule has 0 aliphatic carbocycles. The first-order chi connectivity index (χ1) is 15.2. The summed E-state index contributed by atoms with van der Waals surface area (Å²) in [6, 6.07) is 3.25. The van der Waals surface area contributed by atoms with E-state index in [4.69, 9.17) is 14.7 Å². The van der Waals surface area contributed by atoms with Crippen LogP contribution in [-0.4, -0.2) is 45.7 Å². The molecule has 5 N–H and O–H groups in total. The summed E-state index contributed by atoms with van der Waals surface area (Å²) in [5.41, 5.74) is 4.72. The molecule has 13 heteroatoms. The van der Waals surface area contributed by atoms with Crippen molar-refractivity contribution in [2.45, 2.75) is 35.7 Å². The van der Waals surface area contributed by atoms with Crippen LogP contribution in [0.5, 0.6) is 0 Å². The molecule has 1 heterocycles. The van der Waals surface area contributed by atoms with Gasteiger partial charge in [-0.05, 0) is 54.0 Å². The fourth-order valence-electron chi connectivity index (χ4n) is 2.37. The second-order valence-electron chi connectivity index (χ2n) is 6.47. The molecule has 3 unspecified atom stereocenters. The number of thiol groups is 1. The van der Waals surface area contributed by atoms with Crippen molar-refractivity contribution in [1.82, 2.24) is 10.3 Å². The van der Waals surface area contributed by atoms with Gasteiger partial charge in [-0.2, -0.15) is 0 Å². The molecule has 0 radical (unpaired) electrons. The van der Waals surface area contributed by atoms with Gasteiger partial charge in [0, 0.05) is 33.5 Å². The third-order valence-corrected chi connectivity index (χ3v) is 5.79. The van der Waals surface area contributed by atoms with Gasteiger partial charge in [0.05, 0.1) is 18.4 Å². The molecule has 0 fully saturated rings. The van der Waals surface area contributed by atoms with E-state index >= 15 is 0 Å². The number of nitrogens with zero attached hydrogens (tertiary/aromatic N) is 1. The van der Waals surface area contributed by atoms with Gasteiger partial charge in [-0.15, -0.1) is 0 Å². The zero-order chi connectivity index (χ0) is 23.8. The number of hydrogen-bond acceptors (Lipinski definition) is 9. The van der Waals surface area contributed by atoms with E-state index in [-0.39, 0.29) is 11.3 Å². The Hall–Kier alpha value is -1.48. The summed E-state index contributed by atoms with van der Waals surface area (Å²) in [5.74, 6) is -4.38. The molecule has 4 atom stereocenters. The third-order valence-electron chi connectivity index (χ3n) is 4.04. The number of thioether (sulfide) groups is 1. The fourth-order valence-corrected chi connectivity index (χ4v) is 4.18. The SMILES string of the molecule is CC(O)C(CO)OC(Sc1cncc(Br)c1)[C@H](N/C=C(\N)c1cc(F)c(F)c(F)c1)OS. The molecule has 0 saturated heterocycles. The third kappa shape index (κ3) is 7.54. The van der Waals surface area contributed by atoms with E-state index < -0.39 is 47.9 Å². The molecule has 0 saturated carbocycles. The van der Waals surface area contributed by atoms with E-state index in [0.717, 1.165) is 23.9 Å². The van der Waals surface area contributed by atoms with Gasteiger partial charge in [0.2, 0.25) is 0 Å². The summed E-state index contributed by atoms with van der Waals surface area (Å²) in [6.45, 7) is 0.972. The van der Waals surface area contributed by atoms with Crippen molar-refractivity contribution < 1.29 is 32.3 Å². The minimum absolute atomic E-state index is 0.106. The molecule has 176 valence electrons. The molecule has 1 aromatic heterocycles. The summed E-state index contributed by atoms with van der Waals surface area (Å²) < 4.78 is 51.8. The highest BCUT2D eigenvalue weighted by atomic mass is 79.9. The summed E-state index contributed by atoms with van der Waals surface area (Å²) in [7, 11) is 0. The lowest BCUT2D eigenvalue weighted by molar-refractivity contribution is -0.0904. The first-order valence-corrected chi connectivity index (χ1v) is 11.1. The highest BCUT2D eigenvalue weighted by Crippen LogP contribution is 2.30. The number of nitrogens with one attached hydrogen (secondary N) is 1. The molecule has 2 rings (SSSR count). The largest absolute Gasteiger partial charge is 0.397 e. The second kappa shape index (κ2) is 12.7. The zero-order valence-electron chi connectivity index (χ0n) is 16.6. The zero-order valence-corrected chi connectivity index (χ0v) is 19.9. The molecule has 0 bridgehead atoms. The van der Waals surface area contributed by atoms with Crippen molar-refractivity contribution >= 4 is 46.3 Å². The van der Waals surface area contributed by atoms with Crippen LogP contribution in [0.3, 0.4) is 0 Å². The van der Waals surface area contributed by atoms with Crippen LogP contribution in [-0.2, 0) is 8.92 Å². The van der Waals surface area contributed by atoms with Gasteiger partial charge < -0.3 is 26.0 Å². The highest BCUT2D eigenvalue weighted by molar-refractivity contribution is 9.10. The number of ether oxygens (including phenoxy) is 1. The lowest BCUT2D eigenvalue weighted by Crippen LogP contribution is -2.43. The van der Waals surface area contributed by atoms with Gasteiger partial charge in [-0.3, -0.25) is 9.17 Å². The van der Waals surface area contributed by atoms with E-state index in [1.165, 1.54) is 13.1 Å². The van der Waals surface area contributed by atoms with E-state index in [1.54, 1.807) is 18.5 Å². The number of halogens is 4. The average molecular weight is 556 g/mol. The summed E-state index contributed by atoms with van der Waals surface area (Å²) >= 11 is 8.29. The summed E-state index contributed by atoms with van der Waals surface area (Å²) in [6.07, 6.45) is 1.34. The number of aliphatic hydroxyl groups excluding tert-OH is 2. The Morgan fingerprint density at radius 1 is 1.31 bits per heavy atom. The lowest BCUT2D eigenvalue weighted by atomic mass is 10.1. The van der Waals surface area contributed by atoms with Crippen LogP contribution < -0.4 is 11.1 Å². The Morgan fingerprint density at radius 2 is 1.97 bits per heavy atom. The van der Waals surface area contributed by atoms with E-state index in [9.17, 15) is 23.4 Å². The number of aliphatic hydroxyl groups is 2. The first-order valence-electron chi connectivity index (χ1n) is 9.04. The molecular formula is C19H21BrF3N3O4S2. The van der Waals surface area contributed by atoms with Crippen LogP contribution in [0.25, 0.3) is 5.70 Å². The lowest BCUT2D eigenvalue weighted by Gasteiger charge is -2.30. The summed E-state index contributed by atoms with van der Waals surface area (Å²) in [4.78, 5) is 4.71. The predicted molar refractivity (Wildman–Crippen MR) is 121 cm³/mol. The molecule has 0 amide bonds. The normalized spacial score (nSPS) is 15.8. The molecule has 1 aromatic carbocycles. The van der Waals surface area contributed by atoms with Crippen molar-refractivity contribution in [2.24, 2.45) is 5.73 Å². The van der Waals surface area contributed by atoms with Gasteiger partial charge in [-0.25, -0.2) is 13.2 Å². The number of rotatable bonds is 11. The second-order valence-corrected chi connectivity index (χ2v) is 8.77. The van der Waals surface area contributed by atoms with E-state index in [2.05, 4.69) is 39.1 Å². The van der Waals surface area contributed by atoms with Crippen LogP contribution >= 0.6 is 40.6 Å². The summed E-state index contributed by atoms with van der Waals surface area (Å²) in [5, 5.41) is 22.1. The minimum atomic E-state index is -1.60. The first kappa shape index (κ1) is 26.8. The molecule has 0 aliphatic heterocycles.